The monoisotopic (exact) mass is 357 g/mol. The van der Waals surface area contributed by atoms with Crippen LogP contribution >= 0.6 is 0 Å². The van der Waals surface area contributed by atoms with E-state index in [-0.39, 0.29) is 6.03 Å². The summed E-state index contributed by atoms with van der Waals surface area (Å²) in [5, 5.41) is 11.0. The third-order valence-electron chi connectivity index (χ3n) is 4.48. The first-order chi connectivity index (χ1) is 12.5. The molecule has 2 heterocycles. The van der Waals surface area contributed by atoms with Crippen molar-refractivity contribution < 1.29 is 9.53 Å². The van der Waals surface area contributed by atoms with Gasteiger partial charge in [0.2, 0.25) is 0 Å². The van der Waals surface area contributed by atoms with E-state index in [1.807, 2.05) is 24.5 Å². The number of methoxy groups -OCH3 is 1. The third kappa shape index (κ3) is 3.52. The van der Waals surface area contributed by atoms with Crippen LogP contribution in [0.1, 0.15) is 17.0 Å². The summed E-state index contributed by atoms with van der Waals surface area (Å²) in [5.41, 5.74) is 4.61. The smallest absolute Gasteiger partial charge is 0.322 e. The molecule has 0 unspecified atom stereocenters. The van der Waals surface area contributed by atoms with Gasteiger partial charge in [0.15, 0.2) is 5.82 Å². The number of anilines is 1. The van der Waals surface area contributed by atoms with E-state index >= 15 is 0 Å². The molecule has 2 N–H and O–H groups in total. The number of nitrogens with one attached hydrogen (secondary N) is 2. The Morgan fingerprint density at radius 3 is 2.96 bits per heavy atom. The number of hydrogen-bond acceptors (Lipinski definition) is 5. The number of aryl methyl sites for hydroxylation is 1. The van der Waals surface area contributed by atoms with Gasteiger partial charge in [-0.15, -0.1) is 10.2 Å². The Balaban J connectivity index is 1.72. The standard InChI is InChI=1S/C17H23N7O2/c1-11-12(2)16-14(18-9-19-16)7-13(11)21-17(25)23(3)8-15-22-20-10-24(15)5-6-26-4/h7,9-10H,5-6,8H2,1-4H3,(H,18,19)(H,21,25). The number of aromatic amines is 1. The van der Waals surface area contributed by atoms with Crippen molar-refractivity contribution in [1.82, 2.24) is 29.6 Å². The van der Waals surface area contributed by atoms with Crippen molar-refractivity contribution in [3.05, 3.63) is 35.7 Å². The largest absolute Gasteiger partial charge is 0.383 e. The Hall–Kier alpha value is -2.94. The van der Waals surface area contributed by atoms with Gasteiger partial charge in [-0.3, -0.25) is 0 Å². The van der Waals surface area contributed by atoms with Crippen molar-refractivity contribution in [1.29, 1.82) is 0 Å². The molecule has 0 radical (unpaired) electrons. The lowest BCUT2D eigenvalue weighted by molar-refractivity contribution is 0.184. The number of nitrogens with zero attached hydrogens (tertiary/aromatic N) is 5. The van der Waals surface area contributed by atoms with Crippen LogP contribution in [0.5, 0.6) is 0 Å². The zero-order valence-electron chi connectivity index (χ0n) is 15.4. The van der Waals surface area contributed by atoms with E-state index in [1.165, 1.54) is 0 Å². The molecule has 0 atom stereocenters. The second kappa shape index (κ2) is 7.52. The fourth-order valence-corrected chi connectivity index (χ4v) is 2.75. The lowest BCUT2D eigenvalue weighted by atomic mass is 10.1. The molecule has 9 nitrogen and oxygen atoms in total. The van der Waals surface area contributed by atoms with Crippen LogP contribution in [-0.2, 0) is 17.8 Å². The second-order valence-corrected chi connectivity index (χ2v) is 6.19. The van der Waals surface area contributed by atoms with Crippen LogP contribution in [-0.4, -0.2) is 56.4 Å². The maximum absolute atomic E-state index is 12.6. The van der Waals surface area contributed by atoms with Crippen LogP contribution in [0.4, 0.5) is 10.5 Å². The zero-order chi connectivity index (χ0) is 18.7. The molecule has 2 amide bonds. The number of imidazole rings is 1. The van der Waals surface area contributed by atoms with E-state index in [4.69, 9.17) is 4.74 Å². The summed E-state index contributed by atoms with van der Waals surface area (Å²) >= 11 is 0. The minimum Gasteiger partial charge on any atom is -0.383 e. The van der Waals surface area contributed by atoms with Gasteiger partial charge in [0.25, 0.3) is 0 Å². The first-order valence-electron chi connectivity index (χ1n) is 8.32. The minimum atomic E-state index is -0.215. The fraction of sp³-hybridized carbons (Fsp3) is 0.412. The minimum absolute atomic E-state index is 0.215. The van der Waals surface area contributed by atoms with Gasteiger partial charge in [-0.1, -0.05) is 0 Å². The Morgan fingerprint density at radius 1 is 1.38 bits per heavy atom. The lowest BCUT2D eigenvalue weighted by Crippen LogP contribution is -2.32. The molecule has 0 aliphatic rings. The molecule has 26 heavy (non-hydrogen) atoms. The maximum atomic E-state index is 12.6. The number of ether oxygens (including phenoxy) is 1. The van der Waals surface area contributed by atoms with Crippen molar-refractivity contribution in [3.8, 4) is 0 Å². The maximum Gasteiger partial charge on any atom is 0.322 e. The molecule has 0 saturated heterocycles. The molecular weight excluding hydrogens is 334 g/mol. The zero-order valence-corrected chi connectivity index (χ0v) is 15.4. The SMILES string of the molecule is COCCn1cnnc1CN(C)C(=O)Nc1cc2[nH]cnc2c(C)c1C. The van der Waals surface area contributed by atoms with Gasteiger partial charge in [0.1, 0.15) is 6.33 Å². The van der Waals surface area contributed by atoms with Gasteiger partial charge in [0.05, 0.1) is 30.5 Å². The van der Waals surface area contributed by atoms with Crippen LogP contribution in [0.3, 0.4) is 0 Å². The summed E-state index contributed by atoms with van der Waals surface area (Å²) < 4.78 is 6.95. The normalized spacial score (nSPS) is 11.1. The molecule has 0 bridgehead atoms. The van der Waals surface area contributed by atoms with Gasteiger partial charge >= 0.3 is 6.03 Å². The second-order valence-electron chi connectivity index (χ2n) is 6.19. The average molecular weight is 357 g/mol. The number of rotatable bonds is 6. The van der Waals surface area contributed by atoms with Gasteiger partial charge in [-0.25, -0.2) is 9.78 Å². The number of H-pyrrole nitrogens is 1. The number of amides is 2. The highest BCUT2D eigenvalue weighted by Gasteiger charge is 2.16. The Kier molecular flexibility index (Phi) is 5.17. The number of urea groups is 1. The number of carbonyl (C=O) groups is 1. The summed E-state index contributed by atoms with van der Waals surface area (Å²) in [6, 6.07) is 1.69. The van der Waals surface area contributed by atoms with E-state index in [0.717, 1.165) is 27.8 Å². The van der Waals surface area contributed by atoms with Gasteiger partial charge in [-0.2, -0.15) is 0 Å². The summed E-state index contributed by atoms with van der Waals surface area (Å²) in [7, 11) is 3.37. The fourth-order valence-electron chi connectivity index (χ4n) is 2.75. The molecule has 3 rings (SSSR count). The van der Waals surface area contributed by atoms with Crippen molar-refractivity contribution in [2.75, 3.05) is 26.1 Å². The van der Waals surface area contributed by atoms with Crippen LogP contribution in [0.25, 0.3) is 11.0 Å². The van der Waals surface area contributed by atoms with E-state index in [0.29, 0.717) is 25.5 Å². The molecule has 2 aromatic heterocycles. The van der Waals surface area contributed by atoms with Crippen LogP contribution in [0.15, 0.2) is 18.7 Å². The number of hydrogen-bond donors (Lipinski definition) is 2. The van der Waals surface area contributed by atoms with Gasteiger partial charge in [-0.05, 0) is 31.0 Å². The number of aromatic nitrogens is 5. The number of fused-ring (bicyclic) bond motifs is 1. The quantitative estimate of drug-likeness (QED) is 0.703. The molecule has 0 spiro atoms. The molecule has 0 aliphatic carbocycles. The van der Waals surface area contributed by atoms with E-state index in [2.05, 4.69) is 25.5 Å². The molecular formula is C17H23N7O2. The topological polar surface area (TPSA) is 101 Å². The van der Waals surface area contributed by atoms with Gasteiger partial charge in [0, 0.05) is 26.4 Å². The molecule has 3 aromatic rings. The van der Waals surface area contributed by atoms with E-state index in [1.54, 1.807) is 31.7 Å². The predicted octanol–water partition coefficient (Wildman–Crippen LogP) is 2.08. The first-order valence-corrected chi connectivity index (χ1v) is 8.32. The lowest BCUT2D eigenvalue weighted by Gasteiger charge is -2.19. The number of benzene rings is 1. The molecule has 0 aliphatic heterocycles. The Morgan fingerprint density at radius 2 is 2.19 bits per heavy atom. The van der Waals surface area contributed by atoms with E-state index in [9.17, 15) is 4.79 Å². The first kappa shape index (κ1) is 17.9. The summed E-state index contributed by atoms with van der Waals surface area (Å²) in [5.74, 6) is 0.705. The van der Waals surface area contributed by atoms with Crippen LogP contribution < -0.4 is 5.32 Å². The highest BCUT2D eigenvalue weighted by atomic mass is 16.5. The Bertz CT molecular complexity index is 915. The third-order valence-corrected chi connectivity index (χ3v) is 4.48. The molecule has 0 fully saturated rings. The highest BCUT2D eigenvalue weighted by molar-refractivity contribution is 5.94. The van der Waals surface area contributed by atoms with Crippen molar-refractivity contribution in [3.63, 3.8) is 0 Å². The average Bonchev–Trinajstić information content (AvgIpc) is 3.26. The molecule has 1 aromatic carbocycles. The van der Waals surface area contributed by atoms with Crippen molar-refractivity contribution >= 4 is 22.8 Å². The van der Waals surface area contributed by atoms with Crippen LogP contribution in [0, 0.1) is 13.8 Å². The van der Waals surface area contributed by atoms with Crippen molar-refractivity contribution in [2.24, 2.45) is 0 Å². The predicted molar refractivity (Wildman–Crippen MR) is 98.0 cm³/mol. The van der Waals surface area contributed by atoms with Crippen LogP contribution in [0.2, 0.25) is 0 Å². The highest BCUT2D eigenvalue weighted by Crippen LogP contribution is 2.26. The van der Waals surface area contributed by atoms with Gasteiger partial charge < -0.3 is 24.5 Å². The van der Waals surface area contributed by atoms with E-state index < -0.39 is 0 Å². The Labute approximate surface area is 151 Å². The molecule has 9 heteroatoms. The summed E-state index contributed by atoms with van der Waals surface area (Å²) in [4.78, 5) is 21.6. The summed E-state index contributed by atoms with van der Waals surface area (Å²) in [6.07, 6.45) is 3.29. The van der Waals surface area contributed by atoms with Crippen molar-refractivity contribution in [2.45, 2.75) is 26.9 Å². The number of carbonyl (C=O) groups excluding carboxylic acids is 1. The summed E-state index contributed by atoms with van der Waals surface area (Å²) in [6.45, 7) is 5.52. The molecule has 138 valence electrons. The molecule has 0 saturated carbocycles.